The van der Waals surface area contributed by atoms with Crippen LogP contribution in [0.2, 0.25) is 0 Å². The van der Waals surface area contributed by atoms with Crippen LogP contribution < -0.4 is 0 Å². The fourth-order valence-electron chi connectivity index (χ4n) is 2.57. The normalized spacial score (nSPS) is 18.4. The Kier molecular flexibility index (Phi) is 4.74. The second kappa shape index (κ2) is 6.76. The smallest absolute Gasteiger partial charge is 0.185 e. The monoisotopic (exact) mass is 416 g/mol. The van der Waals surface area contributed by atoms with E-state index in [4.69, 9.17) is 0 Å². The summed E-state index contributed by atoms with van der Waals surface area (Å²) in [4.78, 5) is 12.5. The Labute approximate surface area is 147 Å². The summed E-state index contributed by atoms with van der Waals surface area (Å²) in [5, 5.41) is 0. The highest BCUT2D eigenvalue weighted by Crippen LogP contribution is 2.30. The summed E-state index contributed by atoms with van der Waals surface area (Å²) in [7, 11) is 0. The van der Waals surface area contributed by atoms with E-state index in [1.54, 1.807) is 0 Å². The van der Waals surface area contributed by atoms with Gasteiger partial charge in [-0.25, -0.2) is 0 Å². The molecule has 0 radical (unpaired) electrons. The van der Waals surface area contributed by atoms with E-state index in [-0.39, 0.29) is 5.78 Å². The zero-order chi connectivity index (χ0) is 15.5. The van der Waals surface area contributed by atoms with E-state index in [0.29, 0.717) is 0 Å². The molecule has 0 atom stereocenters. The molecular formula is C19H14Br2O. The molecule has 2 aromatic carbocycles. The molecule has 1 fully saturated rings. The van der Waals surface area contributed by atoms with Crippen LogP contribution in [0.25, 0.3) is 12.2 Å². The Hall–Kier alpha value is -1.45. The number of benzene rings is 2. The van der Waals surface area contributed by atoms with Gasteiger partial charge in [-0.15, -0.1) is 0 Å². The highest BCUT2D eigenvalue weighted by molar-refractivity contribution is 9.10. The van der Waals surface area contributed by atoms with Crippen LogP contribution >= 0.6 is 31.9 Å². The minimum absolute atomic E-state index is 0.167. The third kappa shape index (κ3) is 3.65. The molecule has 0 amide bonds. The molecule has 0 spiro atoms. The van der Waals surface area contributed by atoms with Crippen molar-refractivity contribution in [3.8, 4) is 0 Å². The Morgan fingerprint density at radius 3 is 1.64 bits per heavy atom. The largest absolute Gasteiger partial charge is 0.289 e. The minimum Gasteiger partial charge on any atom is -0.289 e. The van der Waals surface area contributed by atoms with Crippen molar-refractivity contribution < 1.29 is 4.79 Å². The van der Waals surface area contributed by atoms with Crippen molar-refractivity contribution in [1.82, 2.24) is 0 Å². The van der Waals surface area contributed by atoms with Gasteiger partial charge in [0.25, 0.3) is 0 Å². The number of halogens is 2. The molecule has 22 heavy (non-hydrogen) atoms. The number of ketones is 1. The molecular weight excluding hydrogens is 404 g/mol. The molecule has 0 aliphatic heterocycles. The molecule has 1 aliphatic rings. The molecule has 0 heterocycles. The molecule has 3 rings (SSSR count). The zero-order valence-corrected chi connectivity index (χ0v) is 15.0. The van der Waals surface area contributed by atoms with Crippen LogP contribution in [0.15, 0.2) is 68.6 Å². The Morgan fingerprint density at radius 2 is 1.23 bits per heavy atom. The summed E-state index contributed by atoms with van der Waals surface area (Å²) >= 11 is 6.92. The Balaban J connectivity index is 1.86. The van der Waals surface area contributed by atoms with Crippen molar-refractivity contribution in [2.75, 3.05) is 0 Å². The number of hydrogen-bond donors (Lipinski definition) is 0. The molecule has 110 valence electrons. The lowest BCUT2D eigenvalue weighted by atomic mass is 10.1. The van der Waals surface area contributed by atoms with Gasteiger partial charge in [-0.1, -0.05) is 56.1 Å². The summed E-state index contributed by atoms with van der Waals surface area (Å²) in [5.74, 6) is 0.167. The second-order valence-corrected chi connectivity index (χ2v) is 7.11. The van der Waals surface area contributed by atoms with Crippen LogP contribution in [-0.4, -0.2) is 5.78 Å². The van der Waals surface area contributed by atoms with Crippen molar-refractivity contribution in [3.05, 3.63) is 79.7 Å². The number of rotatable bonds is 2. The summed E-state index contributed by atoms with van der Waals surface area (Å²) in [6, 6.07) is 16.0. The number of carbonyl (C=O) groups excluding carboxylic acids is 1. The van der Waals surface area contributed by atoms with Gasteiger partial charge in [0, 0.05) is 20.1 Å². The molecule has 0 unspecified atom stereocenters. The van der Waals surface area contributed by atoms with Crippen molar-refractivity contribution in [2.45, 2.75) is 12.8 Å². The predicted molar refractivity (Wildman–Crippen MR) is 98.5 cm³/mol. The van der Waals surface area contributed by atoms with E-state index >= 15 is 0 Å². The molecule has 0 bridgehead atoms. The molecule has 0 saturated heterocycles. The van der Waals surface area contributed by atoms with Crippen LogP contribution in [0.3, 0.4) is 0 Å². The summed E-state index contributed by atoms with van der Waals surface area (Å²) < 4.78 is 2.05. The van der Waals surface area contributed by atoms with E-state index in [2.05, 4.69) is 31.9 Å². The van der Waals surface area contributed by atoms with Crippen LogP contribution in [0.1, 0.15) is 24.0 Å². The summed E-state index contributed by atoms with van der Waals surface area (Å²) in [6.45, 7) is 0. The fraction of sp³-hybridized carbons (Fsp3) is 0.105. The zero-order valence-electron chi connectivity index (χ0n) is 11.9. The van der Waals surface area contributed by atoms with E-state index in [0.717, 1.165) is 44.1 Å². The lowest BCUT2D eigenvalue weighted by molar-refractivity contribution is -0.111. The first-order valence-electron chi connectivity index (χ1n) is 7.09. The quantitative estimate of drug-likeness (QED) is 0.544. The van der Waals surface area contributed by atoms with E-state index in [1.807, 2.05) is 60.7 Å². The average molecular weight is 418 g/mol. The van der Waals surface area contributed by atoms with Gasteiger partial charge in [-0.05, 0) is 60.4 Å². The Morgan fingerprint density at radius 1 is 0.773 bits per heavy atom. The standard InChI is InChI=1S/C19H14Br2O/c20-17-5-1-3-13(11-17)9-15-7-8-16(19(15)22)10-14-4-2-6-18(21)12-14/h1-6,9-12H,7-8H2. The van der Waals surface area contributed by atoms with Crippen molar-refractivity contribution in [1.29, 1.82) is 0 Å². The number of carbonyl (C=O) groups is 1. The lowest BCUT2D eigenvalue weighted by Crippen LogP contribution is -1.95. The molecule has 3 heteroatoms. The SMILES string of the molecule is O=C1C(=Cc2cccc(Br)c2)CCC1=Cc1cccc(Br)c1. The van der Waals surface area contributed by atoms with Gasteiger partial charge in [-0.3, -0.25) is 4.79 Å². The van der Waals surface area contributed by atoms with Gasteiger partial charge in [0.1, 0.15) is 0 Å². The second-order valence-electron chi connectivity index (χ2n) is 5.28. The van der Waals surface area contributed by atoms with Gasteiger partial charge in [0.2, 0.25) is 0 Å². The maximum absolute atomic E-state index is 12.5. The van der Waals surface area contributed by atoms with Gasteiger partial charge in [0.15, 0.2) is 5.78 Å². The molecule has 0 aromatic heterocycles. The van der Waals surface area contributed by atoms with E-state index < -0.39 is 0 Å². The molecule has 2 aromatic rings. The third-order valence-corrected chi connectivity index (χ3v) is 4.61. The van der Waals surface area contributed by atoms with Gasteiger partial charge in [0.05, 0.1) is 0 Å². The maximum atomic E-state index is 12.5. The van der Waals surface area contributed by atoms with Gasteiger partial charge in [-0.2, -0.15) is 0 Å². The van der Waals surface area contributed by atoms with Crippen molar-refractivity contribution in [2.24, 2.45) is 0 Å². The van der Waals surface area contributed by atoms with E-state index in [1.165, 1.54) is 0 Å². The number of Topliss-reactive ketones (excluding diaryl/α,β-unsaturated/α-hetero) is 1. The summed E-state index contributed by atoms with van der Waals surface area (Å²) in [5.41, 5.74) is 3.89. The third-order valence-electron chi connectivity index (χ3n) is 3.63. The molecule has 1 saturated carbocycles. The van der Waals surface area contributed by atoms with Crippen LogP contribution in [0.5, 0.6) is 0 Å². The lowest BCUT2D eigenvalue weighted by Gasteiger charge is -1.99. The molecule has 0 N–H and O–H groups in total. The van der Waals surface area contributed by atoms with Crippen molar-refractivity contribution in [3.63, 3.8) is 0 Å². The average Bonchev–Trinajstić information content (AvgIpc) is 2.80. The predicted octanol–water partition coefficient (Wildman–Crippen LogP) is 6.04. The molecule has 1 nitrogen and oxygen atoms in total. The number of allylic oxidation sites excluding steroid dienone is 2. The van der Waals surface area contributed by atoms with Gasteiger partial charge < -0.3 is 0 Å². The highest BCUT2D eigenvalue weighted by Gasteiger charge is 2.22. The molecule has 1 aliphatic carbocycles. The van der Waals surface area contributed by atoms with Crippen molar-refractivity contribution >= 4 is 49.8 Å². The fourth-order valence-corrected chi connectivity index (χ4v) is 3.41. The van der Waals surface area contributed by atoms with Gasteiger partial charge >= 0.3 is 0 Å². The minimum atomic E-state index is 0.167. The summed E-state index contributed by atoms with van der Waals surface area (Å²) in [6.07, 6.45) is 5.61. The van der Waals surface area contributed by atoms with Crippen LogP contribution in [0.4, 0.5) is 0 Å². The van der Waals surface area contributed by atoms with Crippen LogP contribution in [0, 0.1) is 0 Å². The maximum Gasteiger partial charge on any atom is 0.185 e. The van der Waals surface area contributed by atoms with E-state index in [9.17, 15) is 4.79 Å². The topological polar surface area (TPSA) is 17.1 Å². The number of hydrogen-bond acceptors (Lipinski definition) is 1. The first kappa shape index (κ1) is 15.4. The first-order chi connectivity index (χ1) is 10.6. The highest BCUT2D eigenvalue weighted by atomic mass is 79.9. The Bertz CT molecular complexity index is 722. The first-order valence-corrected chi connectivity index (χ1v) is 8.67. The van der Waals surface area contributed by atoms with Crippen LogP contribution in [-0.2, 0) is 4.79 Å².